The first-order valence-electron chi connectivity index (χ1n) is 8.55. The molecule has 0 aromatic heterocycles. The van der Waals surface area contributed by atoms with Crippen LogP contribution in [-0.2, 0) is 19.1 Å². The van der Waals surface area contributed by atoms with Gasteiger partial charge in [-0.2, -0.15) is 8.78 Å². The number of esters is 2. The zero-order valence-electron chi connectivity index (χ0n) is 13.8. The molecule has 0 N–H and O–H groups in total. The summed E-state index contributed by atoms with van der Waals surface area (Å²) < 4.78 is 36.5. The molecule has 2 atom stereocenters. The van der Waals surface area contributed by atoms with Gasteiger partial charge < -0.3 is 9.47 Å². The van der Waals surface area contributed by atoms with E-state index in [4.69, 9.17) is 9.47 Å². The quantitative estimate of drug-likeness (QED) is 0.537. The second-order valence-electron chi connectivity index (χ2n) is 6.62. The molecule has 2 unspecified atom stereocenters. The fourth-order valence-electron chi connectivity index (χ4n) is 3.35. The molecule has 4 nitrogen and oxygen atoms in total. The van der Waals surface area contributed by atoms with Gasteiger partial charge in [-0.15, -0.1) is 0 Å². The predicted octanol–water partition coefficient (Wildman–Crippen LogP) is 4.16. The van der Waals surface area contributed by atoms with Crippen LogP contribution in [0.5, 0.6) is 0 Å². The van der Waals surface area contributed by atoms with Gasteiger partial charge in [-0.3, -0.25) is 0 Å². The van der Waals surface area contributed by atoms with E-state index >= 15 is 0 Å². The second-order valence-corrected chi connectivity index (χ2v) is 6.62. The van der Waals surface area contributed by atoms with Crippen molar-refractivity contribution in [3.05, 3.63) is 24.3 Å². The fraction of sp³-hybridized carbons (Fsp3) is 0.667. The van der Waals surface area contributed by atoms with Crippen molar-refractivity contribution in [3.8, 4) is 0 Å². The average Bonchev–Trinajstić information content (AvgIpc) is 3.00. The highest BCUT2D eigenvalue weighted by Gasteiger charge is 2.27. The maximum atomic E-state index is 14.0. The molecule has 0 aromatic rings. The van der Waals surface area contributed by atoms with E-state index in [1.54, 1.807) is 0 Å². The Hall–Kier alpha value is -1.72. The first-order chi connectivity index (χ1) is 11.5. The van der Waals surface area contributed by atoms with Gasteiger partial charge in [0.2, 0.25) is 11.7 Å². The van der Waals surface area contributed by atoms with E-state index in [1.165, 1.54) is 6.08 Å². The summed E-state index contributed by atoms with van der Waals surface area (Å²) in [6.07, 6.45) is 7.92. The van der Waals surface area contributed by atoms with Crippen LogP contribution in [0.25, 0.3) is 0 Å². The molecule has 0 aliphatic heterocycles. The summed E-state index contributed by atoms with van der Waals surface area (Å²) >= 11 is 0. The molecule has 0 bridgehead atoms. The van der Waals surface area contributed by atoms with Crippen LogP contribution < -0.4 is 0 Å². The Balaban J connectivity index is 1.75. The molecule has 0 saturated heterocycles. The number of carbonyl (C=O) groups excluding carboxylic acids is 2. The Bertz CT molecular complexity index is 509. The molecule has 24 heavy (non-hydrogen) atoms. The fourth-order valence-corrected chi connectivity index (χ4v) is 3.35. The second kappa shape index (κ2) is 8.94. The van der Waals surface area contributed by atoms with Crippen LogP contribution in [0.2, 0.25) is 0 Å². The lowest BCUT2D eigenvalue weighted by molar-refractivity contribution is -0.147. The zero-order valence-corrected chi connectivity index (χ0v) is 13.8. The van der Waals surface area contributed by atoms with Gasteiger partial charge in [-0.25, -0.2) is 9.59 Å². The van der Waals surface area contributed by atoms with Gasteiger partial charge in [0.15, 0.2) is 0 Å². The summed E-state index contributed by atoms with van der Waals surface area (Å²) in [7, 11) is 0. The van der Waals surface area contributed by atoms with Gasteiger partial charge in [-0.1, -0.05) is 13.0 Å². The lowest BCUT2D eigenvalue weighted by Gasteiger charge is -2.21. The summed E-state index contributed by atoms with van der Waals surface area (Å²) in [6.45, 7) is 2.95. The molecule has 0 amide bonds. The molecule has 2 rings (SSSR count). The number of hydrogen-bond donors (Lipinski definition) is 0. The van der Waals surface area contributed by atoms with E-state index in [-0.39, 0.29) is 24.5 Å². The molecule has 6 heteroatoms. The van der Waals surface area contributed by atoms with Crippen molar-refractivity contribution >= 4 is 11.9 Å². The van der Waals surface area contributed by atoms with E-state index in [2.05, 4.69) is 6.58 Å². The first-order valence-corrected chi connectivity index (χ1v) is 8.55. The molecule has 2 saturated carbocycles. The van der Waals surface area contributed by atoms with Crippen LogP contribution in [0.15, 0.2) is 24.3 Å². The average molecular weight is 342 g/mol. The van der Waals surface area contributed by atoms with Crippen LogP contribution in [0.3, 0.4) is 0 Å². The van der Waals surface area contributed by atoms with Gasteiger partial charge in [0.25, 0.3) is 0 Å². The SMILES string of the molecule is C=C(F)C(=O)OCC1CCC(/C=C(\F)C(=O)OC2CCCCC2)C1. The molecular formula is C18H24F2O4. The topological polar surface area (TPSA) is 52.6 Å². The van der Waals surface area contributed by atoms with Crippen LogP contribution in [0.1, 0.15) is 51.4 Å². The van der Waals surface area contributed by atoms with Gasteiger partial charge in [0.05, 0.1) is 6.61 Å². The maximum Gasteiger partial charge on any atom is 0.367 e. The molecular weight excluding hydrogens is 318 g/mol. The highest BCUT2D eigenvalue weighted by molar-refractivity contribution is 5.86. The number of halogens is 2. The third-order valence-corrected chi connectivity index (χ3v) is 4.66. The van der Waals surface area contributed by atoms with Gasteiger partial charge in [0, 0.05) is 0 Å². The Labute approximate surface area is 140 Å². The number of rotatable bonds is 6. The molecule has 0 radical (unpaired) electrons. The summed E-state index contributed by atoms with van der Waals surface area (Å²) in [4.78, 5) is 22.8. The zero-order chi connectivity index (χ0) is 17.5. The van der Waals surface area contributed by atoms with Crippen molar-refractivity contribution in [2.45, 2.75) is 57.5 Å². The summed E-state index contributed by atoms with van der Waals surface area (Å²) in [6, 6.07) is 0. The van der Waals surface area contributed by atoms with Crippen LogP contribution in [-0.4, -0.2) is 24.6 Å². The Morgan fingerprint density at radius 1 is 1.04 bits per heavy atom. The Morgan fingerprint density at radius 3 is 2.42 bits per heavy atom. The van der Waals surface area contributed by atoms with Crippen molar-refractivity contribution in [3.63, 3.8) is 0 Å². The standard InChI is InChI=1S/C18H24F2O4/c1-12(19)17(21)23-11-14-8-7-13(9-14)10-16(20)18(22)24-15-5-3-2-4-6-15/h10,13-15H,1-9,11H2/b16-10-. The summed E-state index contributed by atoms with van der Waals surface area (Å²) in [5, 5.41) is 0. The Kier molecular flexibility index (Phi) is 6.94. The highest BCUT2D eigenvalue weighted by Crippen LogP contribution is 2.33. The number of allylic oxidation sites excluding steroid dienone is 1. The van der Waals surface area contributed by atoms with Crippen molar-refractivity contribution in [1.29, 1.82) is 0 Å². The number of hydrogen-bond acceptors (Lipinski definition) is 4. The minimum absolute atomic E-state index is 0.0386. The molecule has 0 aromatic carbocycles. The summed E-state index contributed by atoms with van der Waals surface area (Å²) in [5.41, 5.74) is 0. The smallest absolute Gasteiger partial charge is 0.367 e. The largest absolute Gasteiger partial charge is 0.460 e. The van der Waals surface area contributed by atoms with Crippen LogP contribution in [0.4, 0.5) is 8.78 Å². The van der Waals surface area contributed by atoms with E-state index in [0.29, 0.717) is 12.8 Å². The van der Waals surface area contributed by atoms with Crippen molar-refractivity contribution in [2.75, 3.05) is 6.61 Å². The van der Waals surface area contributed by atoms with Crippen molar-refractivity contribution in [1.82, 2.24) is 0 Å². The van der Waals surface area contributed by atoms with Crippen LogP contribution >= 0.6 is 0 Å². The van der Waals surface area contributed by atoms with Gasteiger partial charge >= 0.3 is 11.9 Å². The van der Waals surface area contributed by atoms with E-state index in [0.717, 1.165) is 38.5 Å². The third kappa shape index (κ3) is 5.73. The minimum Gasteiger partial charge on any atom is -0.460 e. The van der Waals surface area contributed by atoms with E-state index in [9.17, 15) is 18.4 Å². The van der Waals surface area contributed by atoms with Gasteiger partial charge in [-0.05, 0) is 62.9 Å². The minimum atomic E-state index is -1.12. The normalized spacial score (nSPS) is 25.3. The third-order valence-electron chi connectivity index (χ3n) is 4.66. The molecule has 2 aliphatic carbocycles. The molecule has 2 aliphatic rings. The lowest BCUT2D eigenvalue weighted by Crippen LogP contribution is -2.21. The van der Waals surface area contributed by atoms with E-state index in [1.807, 2.05) is 0 Å². The molecule has 134 valence electrons. The Morgan fingerprint density at radius 2 is 1.75 bits per heavy atom. The van der Waals surface area contributed by atoms with Gasteiger partial charge in [0.1, 0.15) is 6.10 Å². The van der Waals surface area contributed by atoms with Crippen molar-refractivity contribution < 1.29 is 27.8 Å². The maximum absolute atomic E-state index is 14.0. The number of carbonyl (C=O) groups is 2. The van der Waals surface area contributed by atoms with Crippen molar-refractivity contribution in [2.24, 2.45) is 11.8 Å². The van der Waals surface area contributed by atoms with Crippen LogP contribution in [0, 0.1) is 11.8 Å². The van der Waals surface area contributed by atoms with E-state index < -0.39 is 23.6 Å². The molecule has 2 fully saturated rings. The lowest BCUT2D eigenvalue weighted by atomic mass is 9.98. The monoisotopic (exact) mass is 342 g/mol. The summed E-state index contributed by atoms with van der Waals surface area (Å²) in [5.74, 6) is -3.97. The number of ether oxygens (including phenoxy) is 2. The highest BCUT2D eigenvalue weighted by atomic mass is 19.1. The molecule has 0 heterocycles. The molecule has 0 spiro atoms. The first kappa shape index (κ1) is 18.6. The predicted molar refractivity (Wildman–Crippen MR) is 84.2 cm³/mol.